The fraction of sp³-hybridized carbons (Fsp3) is 0.500. The van der Waals surface area contributed by atoms with E-state index in [0.717, 1.165) is 0 Å². The second-order valence-corrected chi connectivity index (χ2v) is 6.36. The molecule has 0 bridgehead atoms. The van der Waals surface area contributed by atoms with Crippen molar-refractivity contribution in [1.29, 1.82) is 0 Å². The largest absolute Gasteiger partial charge is 0.398 e. The molecule has 0 aliphatic rings. The van der Waals surface area contributed by atoms with E-state index in [1.165, 1.54) is 0 Å². The molecule has 18 heavy (non-hydrogen) atoms. The third kappa shape index (κ3) is 4.29. The summed E-state index contributed by atoms with van der Waals surface area (Å²) >= 11 is 0. The molecule has 0 fully saturated rings. The quantitative estimate of drug-likeness (QED) is 0.665. The Hall–Kier alpha value is -1.11. The summed E-state index contributed by atoms with van der Waals surface area (Å²) in [4.78, 5) is 0. The van der Waals surface area contributed by atoms with Gasteiger partial charge in [0.2, 0.25) is 10.0 Å². The number of rotatable bonds is 6. The molecule has 0 aliphatic carbocycles. The van der Waals surface area contributed by atoms with Crippen LogP contribution in [-0.2, 0) is 15.8 Å². The Morgan fingerprint density at radius 2 is 1.94 bits per heavy atom. The normalized spacial score (nSPS) is 13.8. The van der Waals surface area contributed by atoms with Gasteiger partial charge in [0.15, 0.2) is 0 Å². The molecule has 0 saturated heterocycles. The summed E-state index contributed by atoms with van der Waals surface area (Å²) in [5.74, 6) is -0.152. The zero-order valence-electron chi connectivity index (χ0n) is 10.6. The van der Waals surface area contributed by atoms with E-state index < -0.39 is 16.1 Å². The van der Waals surface area contributed by atoms with Crippen LogP contribution in [0.5, 0.6) is 0 Å². The number of hydrogen-bond acceptors (Lipinski definition) is 4. The molecule has 1 aromatic carbocycles. The summed E-state index contributed by atoms with van der Waals surface area (Å²) in [6.45, 7) is 3.47. The molecule has 1 atom stereocenters. The molecule has 1 unspecified atom stereocenters. The summed E-state index contributed by atoms with van der Waals surface area (Å²) in [7, 11) is -3.50. The highest BCUT2D eigenvalue weighted by molar-refractivity contribution is 7.88. The van der Waals surface area contributed by atoms with E-state index in [-0.39, 0.29) is 18.3 Å². The van der Waals surface area contributed by atoms with Gasteiger partial charge >= 0.3 is 0 Å². The molecule has 0 amide bonds. The summed E-state index contributed by atoms with van der Waals surface area (Å²) in [6, 6.07) is 6.37. The molecule has 102 valence electrons. The van der Waals surface area contributed by atoms with E-state index >= 15 is 0 Å². The monoisotopic (exact) mass is 272 g/mol. The Morgan fingerprint density at radius 3 is 2.44 bits per heavy atom. The molecule has 0 spiro atoms. The van der Waals surface area contributed by atoms with Gasteiger partial charge in [0.25, 0.3) is 0 Å². The maximum atomic E-state index is 11.9. The third-order valence-electron chi connectivity index (χ3n) is 2.73. The van der Waals surface area contributed by atoms with E-state index in [1.54, 1.807) is 24.3 Å². The SMILES string of the molecule is CC(C)C(CO)NS(=O)(=O)Cc1ccccc1N. The van der Waals surface area contributed by atoms with Crippen LogP contribution in [0.2, 0.25) is 0 Å². The van der Waals surface area contributed by atoms with Gasteiger partial charge in [-0.3, -0.25) is 0 Å². The Bertz CT molecular complexity index is 486. The second-order valence-electron chi connectivity index (χ2n) is 4.61. The minimum atomic E-state index is -3.50. The first-order chi connectivity index (χ1) is 8.35. The van der Waals surface area contributed by atoms with Gasteiger partial charge in [0.05, 0.1) is 12.4 Å². The molecule has 6 heteroatoms. The maximum absolute atomic E-state index is 11.9. The van der Waals surface area contributed by atoms with Crippen molar-refractivity contribution in [2.24, 2.45) is 5.92 Å². The van der Waals surface area contributed by atoms with Gasteiger partial charge in [-0.15, -0.1) is 0 Å². The predicted molar refractivity (Wildman–Crippen MR) is 72.3 cm³/mol. The van der Waals surface area contributed by atoms with Gasteiger partial charge in [-0.2, -0.15) is 0 Å². The highest BCUT2D eigenvalue weighted by Gasteiger charge is 2.20. The van der Waals surface area contributed by atoms with Crippen molar-refractivity contribution in [1.82, 2.24) is 4.72 Å². The average molecular weight is 272 g/mol. The lowest BCUT2D eigenvalue weighted by Gasteiger charge is -2.20. The Morgan fingerprint density at radius 1 is 1.33 bits per heavy atom. The molecule has 1 rings (SSSR count). The maximum Gasteiger partial charge on any atom is 0.216 e. The molecule has 0 saturated carbocycles. The molecular weight excluding hydrogens is 252 g/mol. The summed E-state index contributed by atoms with van der Waals surface area (Å²) in [5, 5.41) is 9.13. The molecule has 0 radical (unpaired) electrons. The Balaban J connectivity index is 2.80. The first-order valence-corrected chi connectivity index (χ1v) is 7.45. The van der Waals surface area contributed by atoms with Crippen molar-refractivity contribution in [3.05, 3.63) is 29.8 Å². The average Bonchev–Trinajstić information content (AvgIpc) is 2.28. The van der Waals surface area contributed by atoms with Gasteiger partial charge in [0.1, 0.15) is 0 Å². The van der Waals surface area contributed by atoms with Crippen molar-refractivity contribution < 1.29 is 13.5 Å². The number of benzene rings is 1. The van der Waals surface area contributed by atoms with Crippen molar-refractivity contribution >= 4 is 15.7 Å². The fourth-order valence-electron chi connectivity index (χ4n) is 1.53. The highest BCUT2D eigenvalue weighted by atomic mass is 32.2. The lowest BCUT2D eigenvalue weighted by Crippen LogP contribution is -2.41. The van der Waals surface area contributed by atoms with Crippen LogP contribution in [0, 0.1) is 5.92 Å². The van der Waals surface area contributed by atoms with Crippen LogP contribution in [0.1, 0.15) is 19.4 Å². The number of nitrogen functional groups attached to an aromatic ring is 1. The third-order valence-corrected chi connectivity index (χ3v) is 4.09. The molecule has 1 aromatic rings. The van der Waals surface area contributed by atoms with Gasteiger partial charge in [-0.05, 0) is 17.5 Å². The van der Waals surface area contributed by atoms with Crippen molar-refractivity contribution in [3.8, 4) is 0 Å². The summed E-state index contributed by atoms with van der Waals surface area (Å²) < 4.78 is 26.4. The predicted octanol–water partition coefficient (Wildman–Crippen LogP) is 0.705. The van der Waals surface area contributed by atoms with Crippen molar-refractivity contribution in [2.45, 2.75) is 25.6 Å². The lowest BCUT2D eigenvalue weighted by molar-refractivity contribution is 0.227. The molecule has 0 aromatic heterocycles. The van der Waals surface area contributed by atoms with Crippen molar-refractivity contribution in [2.75, 3.05) is 12.3 Å². The molecular formula is C12H20N2O3S. The van der Waals surface area contributed by atoms with E-state index in [0.29, 0.717) is 11.3 Å². The van der Waals surface area contributed by atoms with E-state index in [1.807, 2.05) is 13.8 Å². The topological polar surface area (TPSA) is 92.4 Å². The van der Waals surface area contributed by atoms with Crippen LogP contribution in [0.3, 0.4) is 0 Å². The number of aliphatic hydroxyl groups excluding tert-OH is 1. The number of aliphatic hydroxyl groups is 1. The highest BCUT2D eigenvalue weighted by Crippen LogP contribution is 2.14. The van der Waals surface area contributed by atoms with E-state index in [2.05, 4.69) is 4.72 Å². The van der Waals surface area contributed by atoms with Crippen LogP contribution >= 0.6 is 0 Å². The molecule has 0 aliphatic heterocycles. The molecule has 0 heterocycles. The second kappa shape index (κ2) is 6.17. The number of nitrogens with one attached hydrogen (secondary N) is 1. The van der Waals surface area contributed by atoms with Gasteiger partial charge in [-0.1, -0.05) is 32.0 Å². The summed E-state index contributed by atoms with van der Waals surface area (Å²) in [5.41, 5.74) is 6.72. The van der Waals surface area contributed by atoms with Crippen LogP contribution in [-0.4, -0.2) is 26.2 Å². The minimum absolute atomic E-state index is 0.0258. The van der Waals surface area contributed by atoms with Crippen LogP contribution in [0.4, 0.5) is 5.69 Å². The number of hydrogen-bond donors (Lipinski definition) is 3. The first-order valence-electron chi connectivity index (χ1n) is 5.80. The molecule has 5 nitrogen and oxygen atoms in total. The number of nitrogens with two attached hydrogens (primary N) is 1. The van der Waals surface area contributed by atoms with Gasteiger partial charge < -0.3 is 10.8 Å². The van der Waals surface area contributed by atoms with Crippen LogP contribution < -0.4 is 10.5 Å². The number of anilines is 1. The fourth-order valence-corrected chi connectivity index (χ4v) is 3.09. The minimum Gasteiger partial charge on any atom is -0.398 e. The smallest absolute Gasteiger partial charge is 0.216 e. The van der Waals surface area contributed by atoms with Crippen molar-refractivity contribution in [3.63, 3.8) is 0 Å². The molecule has 4 N–H and O–H groups in total. The Kier molecular flexibility index (Phi) is 5.13. The number of sulfonamides is 1. The number of para-hydroxylation sites is 1. The first kappa shape index (κ1) is 14.9. The Labute approximate surface area is 108 Å². The van der Waals surface area contributed by atoms with Crippen LogP contribution in [0.25, 0.3) is 0 Å². The zero-order valence-corrected chi connectivity index (χ0v) is 11.4. The van der Waals surface area contributed by atoms with E-state index in [4.69, 9.17) is 10.8 Å². The summed E-state index contributed by atoms with van der Waals surface area (Å²) in [6.07, 6.45) is 0. The van der Waals surface area contributed by atoms with E-state index in [9.17, 15) is 8.42 Å². The van der Waals surface area contributed by atoms with Gasteiger partial charge in [-0.25, -0.2) is 13.1 Å². The van der Waals surface area contributed by atoms with Crippen LogP contribution in [0.15, 0.2) is 24.3 Å². The van der Waals surface area contributed by atoms with Gasteiger partial charge in [0, 0.05) is 11.7 Å². The standard InChI is InChI=1S/C12H20N2O3S/c1-9(2)12(7-15)14-18(16,17)8-10-5-3-4-6-11(10)13/h3-6,9,12,14-15H,7-8,13H2,1-2H3. The lowest BCUT2D eigenvalue weighted by atomic mass is 10.1. The zero-order chi connectivity index (χ0) is 13.8.